The molecule has 0 aromatic heterocycles. The summed E-state index contributed by atoms with van der Waals surface area (Å²) in [4.78, 5) is 10.2. The van der Waals surface area contributed by atoms with E-state index in [1.165, 1.54) is 7.05 Å². The van der Waals surface area contributed by atoms with Crippen molar-refractivity contribution in [1.29, 1.82) is 0 Å². The Morgan fingerprint density at radius 1 is 1.70 bits per heavy atom. The van der Waals surface area contributed by atoms with E-state index in [2.05, 4.69) is 5.32 Å². The van der Waals surface area contributed by atoms with Gasteiger partial charge in [-0.2, -0.15) is 0 Å². The van der Waals surface area contributed by atoms with Gasteiger partial charge in [0.25, 0.3) is 5.92 Å². The van der Waals surface area contributed by atoms with Gasteiger partial charge in [0.1, 0.15) is 0 Å². The molecule has 0 aromatic rings. The molecule has 1 unspecified atom stereocenters. The summed E-state index contributed by atoms with van der Waals surface area (Å²) in [5, 5.41) is 10.4. The standard InChI is InChI=1S/C5H7F2NO2/c1-8-4(3(9)10)2-5(4,6)7/h8H,2H2,1H3,(H,9,10). The van der Waals surface area contributed by atoms with E-state index in [0.717, 1.165) is 0 Å². The van der Waals surface area contributed by atoms with Crippen LogP contribution in [0.4, 0.5) is 8.78 Å². The maximum absolute atomic E-state index is 12.3. The smallest absolute Gasteiger partial charge is 0.330 e. The zero-order valence-electron chi connectivity index (χ0n) is 5.32. The molecule has 0 aromatic carbocycles. The van der Waals surface area contributed by atoms with E-state index >= 15 is 0 Å². The summed E-state index contributed by atoms with van der Waals surface area (Å²) in [5.41, 5.74) is -1.98. The summed E-state index contributed by atoms with van der Waals surface area (Å²) in [6, 6.07) is 0. The zero-order chi connectivity index (χ0) is 7.99. The predicted molar refractivity (Wildman–Crippen MR) is 29.0 cm³/mol. The van der Waals surface area contributed by atoms with Gasteiger partial charge in [-0.25, -0.2) is 13.6 Å². The minimum atomic E-state index is -3.08. The van der Waals surface area contributed by atoms with Gasteiger partial charge in [-0.15, -0.1) is 0 Å². The number of halogens is 2. The van der Waals surface area contributed by atoms with E-state index in [-0.39, 0.29) is 0 Å². The first-order valence-corrected chi connectivity index (χ1v) is 2.76. The van der Waals surface area contributed by atoms with E-state index < -0.39 is 23.9 Å². The molecule has 0 radical (unpaired) electrons. The molecule has 58 valence electrons. The van der Waals surface area contributed by atoms with E-state index in [9.17, 15) is 13.6 Å². The minimum Gasteiger partial charge on any atom is -0.480 e. The first-order chi connectivity index (χ1) is 4.46. The maximum Gasteiger partial charge on any atom is 0.330 e. The van der Waals surface area contributed by atoms with Crippen LogP contribution < -0.4 is 5.32 Å². The number of alkyl halides is 2. The number of hydrogen-bond donors (Lipinski definition) is 2. The molecule has 1 atom stereocenters. The molecule has 0 heterocycles. The van der Waals surface area contributed by atoms with E-state index in [4.69, 9.17) is 5.11 Å². The van der Waals surface area contributed by atoms with E-state index in [1.807, 2.05) is 0 Å². The lowest BCUT2D eigenvalue weighted by Gasteiger charge is -2.07. The molecule has 0 amide bonds. The lowest BCUT2D eigenvalue weighted by atomic mass is 10.3. The summed E-state index contributed by atoms with van der Waals surface area (Å²) < 4.78 is 24.5. The highest BCUT2D eigenvalue weighted by Crippen LogP contribution is 2.52. The average Bonchev–Trinajstić information content (AvgIpc) is 2.35. The van der Waals surface area contributed by atoms with Gasteiger partial charge in [-0.3, -0.25) is 5.32 Å². The Bertz CT molecular complexity index is 182. The van der Waals surface area contributed by atoms with Gasteiger partial charge in [0.05, 0.1) is 0 Å². The molecule has 1 aliphatic carbocycles. The molecule has 1 aliphatic rings. The van der Waals surface area contributed by atoms with Gasteiger partial charge in [0.15, 0.2) is 5.54 Å². The van der Waals surface area contributed by atoms with Crippen LogP contribution in [0.2, 0.25) is 0 Å². The van der Waals surface area contributed by atoms with Crippen LogP contribution in [0.15, 0.2) is 0 Å². The van der Waals surface area contributed by atoms with Crippen molar-refractivity contribution in [1.82, 2.24) is 5.32 Å². The van der Waals surface area contributed by atoms with Crippen LogP contribution in [0.1, 0.15) is 6.42 Å². The van der Waals surface area contributed by atoms with Crippen molar-refractivity contribution in [2.45, 2.75) is 17.9 Å². The fraction of sp³-hybridized carbons (Fsp3) is 0.800. The van der Waals surface area contributed by atoms with Gasteiger partial charge in [-0.1, -0.05) is 0 Å². The van der Waals surface area contributed by atoms with Crippen molar-refractivity contribution in [3.63, 3.8) is 0 Å². The number of nitrogens with one attached hydrogen (secondary N) is 1. The molecule has 0 saturated heterocycles. The molecule has 0 aliphatic heterocycles. The van der Waals surface area contributed by atoms with Crippen LogP contribution in [0.25, 0.3) is 0 Å². The Hall–Kier alpha value is -0.710. The van der Waals surface area contributed by atoms with Crippen molar-refractivity contribution in [3.8, 4) is 0 Å². The second-order valence-electron chi connectivity index (χ2n) is 2.34. The largest absolute Gasteiger partial charge is 0.480 e. The van der Waals surface area contributed by atoms with Crippen molar-refractivity contribution in [2.75, 3.05) is 7.05 Å². The summed E-state index contributed by atoms with van der Waals surface area (Å²) >= 11 is 0. The molecule has 0 bridgehead atoms. The molecule has 2 N–H and O–H groups in total. The topological polar surface area (TPSA) is 49.3 Å². The van der Waals surface area contributed by atoms with Crippen molar-refractivity contribution in [2.24, 2.45) is 0 Å². The fourth-order valence-corrected chi connectivity index (χ4v) is 0.899. The number of aliphatic carboxylic acids is 1. The van der Waals surface area contributed by atoms with Crippen molar-refractivity contribution < 1.29 is 18.7 Å². The first kappa shape index (κ1) is 7.40. The van der Waals surface area contributed by atoms with Crippen LogP contribution in [-0.4, -0.2) is 29.6 Å². The van der Waals surface area contributed by atoms with Crippen LogP contribution >= 0.6 is 0 Å². The lowest BCUT2D eigenvalue weighted by molar-refractivity contribution is -0.143. The first-order valence-electron chi connectivity index (χ1n) is 2.76. The summed E-state index contributed by atoms with van der Waals surface area (Å²) in [6.45, 7) is 0. The summed E-state index contributed by atoms with van der Waals surface area (Å²) in [7, 11) is 1.22. The number of likely N-dealkylation sites (N-methyl/N-ethyl adjacent to an activating group) is 1. The maximum atomic E-state index is 12.3. The molecular weight excluding hydrogens is 144 g/mol. The van der Waals surface area contributed by atoms with Gasteiger partial charge < -0.3 is 5.11 Å². The second kappa shape index (κ2) is 1.66. The quantitative estimate of drug-likeness (QED) is 0.587. The molecule has 5 heteroatoms. The molecule has 3 nitrogen and oxygen atoms in total. The second-order valence-corrected chi connectivity index (χ2v) is 2.34. The number of rotatable bonds is 2. The van der Waals surface area contributed by atoms with E-state index in [0.29, 0.717) is 0 Å². The molecule has 1 fully saturated rings. The van der Waals surface area contributed by atoms with E-state index in [1.54, 1.807) is 0 Å². The molecule has 0 spiro atoms. The highest BCUT2D eigenvalue weighted by molar-refractivity contribution is 5.85. The highest BCUT2D eigenvalue weighted by atomic mass is 19.3. The van der Waals surface area contributed by atoms with Gasteiger partial charge in [0.2, 0.25) is 0 Å². The number of hydrogen-bond acceptors (Lipinski definition) is 2. The zero-order valence-corrected chi connectivity index (χ0v) is 5.32. The number of carbonyl (C=O) groups is 1. The normalized spacial score (nSPS) is 35.5. The summed E-state index contributed by atoms with van der Waals surface area (Å²) in [5.74, 6) is -4.56. The molecular formula is C5H7F2NO2. The Balaban J connectivity index is 2.78. The van der Waals surface area contributed by atoms with Crippen LogP contribution in [-0.2, 0) is 4.79 Å². The number of carboxylic acid groups (broad SMARTS) is 1. The fourth-order valence-electron chi connectivity index (χ4n) is 0.899. The number of carboxylic acids is 1. The van der Waals surface area contributed by atoms with Crippen LogP contribution in [0, 0.1) is 0 Å². The SMILES string of the molecule is CNC1(C(=O)O)CC1(F)F. The molecule has 1 rings (SSSR count). The van der Waals surface area contributed by atoms with Gasteiger partial charge >= 0.3 is 5.97 Å². The van der Waals surface area contributed by atoms with Gasteiger partial charge in [-0.05, 0) is 7.05 Å². The third-order valence-corrected chi connectivity index (χ3v) is 1.78. The third-order valence-electron chi connectivity index (χ3n) is 1.78. The monoisotopic (exact) mass is 151 g/mol. The Kier molecular flexibility index (Phi) is 1.23. The third kappa shape index (κ3) is 0.636. The van der Waals surface area contributed by atoms with Crippen LogP contribution in [0.5, 0.6) is 0 Å². The Labute approximate surface area is 56.0 Å². The predicted octanol–water partition coefficient (Wildman–Crippen LogP) is 0.0682. The highest BCUT2D eigenvalue weighted by Gasteiger charge is 2.76. The van der Waals surface area contributed by atoms with Crippen molar-refractivity contribution >= 4 is 5.97 Å². The minimum absolute atomic E-state index is 0.605. The lowest BCUT2D eigenvalue weighted by Crippen LogP contribution is -2.42. The Morgan fingerprint density at radius 3 is 2.10 bits per heavy atom. The average molecular weight is 151 g/mol. The Morgan fingerprint density at radius 2 is 2.10 bits per heavy atom. The van der Waals surface area contributed by atoms with Crippen LogP contribution in [0.3, 0.4) is 0 Å². The van der Waals surface area contributed by atoms with Gasteiger partial charge in [0, 0.05) is 6.42 Å². The van der Waals surface area contributed by atoms with Crippen molar-refractivity contribution in [3.05, 3.63) is 0 Å². The summed E-state index contributed by atoms with van der Waals surface area (Å²) in [6.07, 6.45) is -0.605. The molecule has 1 saturated carbocycles. The molecule has 10 heavy (non-hydrogen) atoms.